The van der Waals surface area contributed by atoms with Crippen LogP contribution in [0, 0.1) is 0 Å². The highest BCUT2D eigenvalue weighted by Gasteiger charge is 2.15. The molecule has 3 aromatic rings. The first-order chi connectivity index (χ1) is 13.1. The zero-order chi connectivity index (χ0) is 18.7. The first-order valence-electron chi connectivity index (χ1n) is 8.58. The van der Waals surface area contributed by atoms with Crippen LogP contribution in [0.3, 0.4) is 0 Å². The van der Waals surface area contributed by atoms with Gasteiger partial charge in [-0.3, -0.25) is 4.72 Å². The van der Waals surface area contributed by atoms with E-state index in [0.717, 1.165) is 28.7 Å². The number of anilines is 1. The minimum Gasteiger partial charge on any atom is -0.492 e. The van der Waals surface area contributed by atoms with Gasteiger partial charge in [0.25, 0.3) is 0 Å². The van der Waals surface area contributed by atoms with Gasteiger partial charge in [-0.05, 0) is 24.3 Å². The smallest absolute Gasteiger partial charge is 0.236 e. The van der Waals surface area contributed by atoms with E-state index in [9.17, 15) is 8.42 Å². The number of ether oxygens (including phenoxy) is 1. The Balaban J connectivity index is 1.35. The molecule has 2 heterocycles. The van der Waals surface area contributed by atoms with E-state index in [1.807, 2.05) is 36.5 Å². The molecule has 27 heavy (non-hydrogen) atoms. The van der Waals surface area contributed by atoms with Crippen LogP contribution < -0.4 is 9.46 Å². The molecule has 1 aliphatic heterocycles. The van der Waals surface area contributed by atoms with Crippen molar-refractivity contribution in [1.82, 2.24) is 9.55 Å². The largest absolute Gasteiger partial charge is 0.492 e. The van der Waals surface area contributed by atoms with Crippen LogP contribution in [0.1, 0.15) is 0 Å². The highest BCUT2D eigenvalue weighted by atomic mass is 32.2. The average Bonchev–Trinajstić information content (AvgIpc) is 3.25. The molecular weight excluding hydrogens is 382 g/mol. The summed E-state index contributed by atoms with van der Waals surface area (Å²) in [6, 6.07) is 16.4. The van der Waals surface area contributed by atoms with Crippen molar-refractivity contribution >= 4 is 27.5 Å². The van der Waals surface area contributed by atoms with Crippen LogP contribution in [0.4, 0.5) is 5.69 Å². The molecule has 0 spiro atoms. The lowest BCUT2D eigenvalue weighted by atomic mass is 10.1. The fraction of sp³-hybridized carbons (Fsp3) is 0.211. The molecule has 0 fully saturated rings. The molecular formula is C19H19N3O3S2. The van der Waals surface area contributed by atoms with E-state index >= 15 is 0 Å². The molecule has 0 atom stereocenters. The minimum absolute atomic E-state index is 0.0926. The van der Waals surface area contributed by atoms with E-state index in [1.54, 1.807) is 36.0 Å². The van der Waals surface area contributed by atoms with Crippen LogP contribution in [0.2, 0.25) is 0 Å². The number of hydrogen-bond donors (Lipinski definition) is 1. The number of benzene rings is 2. The third-order valence-electron chi connectivity index (χ3n) is 4.12. The standard InChI is InChI=1S/C19H19N3O3S2/c23-27(24,13-11-25-17-4-2-1-3-5-17)21-16-8-6-15(7-9-16)18-14-22-10-12-26-19(22)20-18/h1-9,14,21H,10-13H2. The first-order valence-corrected chi connectivity index (χ1v) is 11.2. The van der Waals surface area contributed by atoms with Crippen molar-refractivity contribution in [3.63, 3.8) is 0 Å². The Labute approximate surface area is 162 Å². The minimum atomic E-state index is -3.48. The van der Waals surface area contributed by atoms with Gasteiger partial charge in [0.15, 0.2) is 5.16 Å². The van der Waals surface area contributed by atoms with Gasteiger partial charge >= 0.3 is 0 Å². The van der Waals surface area contributed by atoms with Gasteiger partial charge in [0, 0.05) is 29.7 Å². The summed E-state index contributed by atoms with van der Waals surface area (Å²) in [4.78, 5) is 4.61. The SMILES string of the molecule is O=S(=O)(CCOc1ccccc1)Nc1ccc(-c2cn3c(n2)SCC3)cc1. The number of thioether (sulfide) groups is 1. The Bertz CT molecular complexity index is 995. The lowest BCUT2D eigenvalue weighted by molar-refractivity contribution is 0.341. The Hall–Kier alpha value is -2.45. The Morgan fingerprint density at radius 2 is 1.89 bits per heavy atom. The summed E-state index contributed by atoms with van der Waals surface area (Å²) in [6.45, 7) is 1.07. The van der Waals surface area contributed by atoms with Crippen LogP contribution in [0.5, 0.6) is 5.75 Å². The molecule has 6 nitrogen and oxygen atoms in total. The van der Waals surface area contributed by atoms with E-state index in [-0.39, 0.29) is 12.4 Å². The van der Waals surface area contributed by atoms with Crippen molar-refractivity contribution in [1.29, 1.82) is 0 Å². The summed E-state index contributed by atoms with van der Waals surface area (Å²) in [6.07, 6.45) is 2.04. The lowest BCUT2D eigenvalue weighted by Crippen LogP contribution is -2.21. The monoisotopic (exact) mass is 401 g/mol. The Kier molecular flexibility index (Phi) is 5.09. The van der Waals surface area contributed by atoms with Crippen LogP contribution >= 0.6 is 11.8 Å². The number of hydrogen-bond acceptors (Lipinski definition) is 5. The predicted molar refractivity (Wildman–Crippen MR) is 108 cm³/mol. The van der Waals surface area contributed by atoms with E-state index < -0.39 is 10.0 Å². The summed E-state index contributed by atoms with van der Waals surface area (Å²) >= 11 is 1.75. The summed E-state index contributed by atoms with van der Waals surface area (Å²) < 4.78 is 34.6. The van der Waals surface area contributed by atoms with Crippen molar-refractivity contribution in [3.8, 4) is 17.0 Å². The van der Waals surface area contributed by atoms with Crippen molar-refractivity contribution < 1.29 is 13.2 Å². The van der Waals surface area contributed by atoms with Gasteiger partial charge in [-0.15, -0.1) is 0 Å². The second-order valence-electron chi connectivity index (χ2n) is 6.11. The molecule has 8 heteroatoms. The van der Waals surface area contributed by atoms with Gasteiger partial charge in [0.05, 0.1) is 5.69 Å². The molecule has 0 bridgehead atoms. The van der Waals surface area contributed by atoms with Gasteiger partial charge in [-0.1, -0.05) is 42.1 Å². The summed E-state index contributed by atoms with van der Waals surface area (Å²) in [7, 11) is -3.48. The molecule has 4 rings (SSSR count). The molecule has 1 aliphatic rings. The van der Waals surface area contributed by atoms with E-state index in [2.05, 4.69) is 14.3 Å². The highest BCUT2D eigenvalue weighted by molar-refractivity contribution is 7.99. The molecule has 0 saturated carbocycles. The number of aromatic nitrogens is 2. The zero-order valence-electron chi connectivity index (χ0n) is 14.5. The van der Waals surface area contributed by atoms with Crippen molar-refractivity contribution in [2.45, 2.75) is 11.7 Å². The van der Waals surface area contributed by atoms with Crippen LogP contribution in [0.15, 0.2) is 66.0 Å². The van der Waals surface area contributed by atoms with Gasteiger partial charge < -0.3 is 9.30 Å². The van der Waals surface area contributed by atoms with Gasteiger partial charge in [-0.25, -0.2) is 13.4 Å². The Morgan fingerprint density at radius 1 is 1.11 bits per heavy atom. The van der Waals surface area contributed by atoms with Crippen LogP contribution in [0.25, 0.3) is 11.3 Å². The average molecular weight is 402 g/mol. The summed E-state index contributed by atoms with van der Waals surface area (Å²) in [5, 5.41) is 1.04. The number of fused-ring (bicyclic) bond motifs is 1. The molecule has 0 saturated heterocycles. The fourth-order valence-corrected chi connectivity index (χ4v) is 4.62. The summed E-state index contributed by atoms with van der Waals surface area (Å²) in [5.41, 5.74) is 2.40. The quantitative estimate of drug-likeness (QED) is 0.656. The number of nitrogens with one attached hydrogen (secondary N) is 1. The van der Waals surface area contributed by atoms with Crippen LogP contribution in [-0.4, -0.2) is 36.1 Å². The normalized spacial score (nSPS) is 13.3. The number of aryl methyl sites for hydroxylation is 1. The number of para-hydroxylation sites is 1. The maximum Gasteiger partial charge on any atom is 0.236 e. The first kappa shape index (κ1) is 17.9. The number of sulfonamides is 1. The number of nitrogens with zero attached hydrogens (tertiary/aromatic N) is 2. The van der Waals surface area contributed by atoms with Gasteiger partial charge in [0.2, 0.25) is 10.0 Å². The zero-order valence-corrected chi connectivity index (χ0v) is 16.2. The highest BCUT2D eigenvalue weighted by Crippen LogP contribution is 2.29. The molecule has 0 amide bonds. The molecule has 0 unspecified atom stereocenters. The van der Waals surface area contributed by atoms with E-state index in [4.69, 9.17) is 4.74 Å². The number of imidazole rings is 1. The third-order valence-corrected chi connectivity index (χ3v) is 6.34. The maximum absolute atomic E-state index is 12.2. The molecule has 2 aromatic carbocycles. The topological polar surface area (TPSA) is 73.2 Å². The Morgan fingerprint density at radius 3 is 2.63 bits per heavy atom. The number of rotatable bonds is 7. The van der Waals surface area contributed by atoms with Crippen LogP contribution in [-0.2, 0) is 16.6 Å². The van der Waals surface area contributed by atoms with E-state index in [1.165, 1.54) is 0 Å². The molecule has 1 N–H and O–H groups in total. The van der Waals surface area contributed by atoms with Gasteiger partial charge in [-0.2, -0.15) is 0 Å². The predicted octanol–water partition coefficient (Wildman–Crippen LogP) is 3.48. The molecule has 140 valence electrons. The molecule has 1 aromatic heterocycles. The molecule has 0 aliphatic carbocycles. The van der Waals surface area contributed by atoms with Crippen molar-refractivity contribution in [2.24, 2.45) is 0 Å². The second-order valence-corrected chi connectivity index (χ2v) is 9.01. The fourth-order valence-electron chi connectivity index (χ4n) is 2.77. The third kappa shape index (κ3) is 4.45. The lowest BCUT2D eigenvalue weighted by Gasteiger charge is -2.09. The summed E-state index contributed by atoms with van der Waals surface area (Å²) in [5.74, 6) is 1.61. The van der Waals surface area contributed by atoms with Gasteiger partial charge in [0.1, 0.15) is 18.1 Å². The molecule has 0 radical (unpaired) electrons. The second kappa shape index (κ2) is 7.66. The maximum atomic E-state index is 12.2. The van der Waals surface area contributed by atoms with Crippen molar-refractivity contribution in [2.75, 3.05) is 22.8 Å². The van der Waals surface area contributed by atoms with E-state index in [0.29, 0.717) is 11.4 Å². The van der Waals surface area contributed by atoms with Crippen molar-refractivity contribution in [3.05, 3.63) is 60.8 Å².